The number of hydrogen-bond donors (Lipinski definition) is 0. The summed E-state index contributed by atoms with van der Waals surface area (Å²) in [6, 6.07) is 6.29. The summed E-state index contributed by atoms with van der Waals surface area (Å²) in [7, 11) is 3.75. The Labute approximate surface area is 295 Å². The van der Waals surface area contributed by atoms with Crippen LogP contribution in [0.5, 0.6) is 11.5 Å². The number of imidazole rings is 2. The second-order valence-electron chi connectivity index (χ2n) is 15.0. The van der Waals surface area contributed by atoms with E-state index in [1.54, 1.807) is 90.9 Å². The molecular formula is C38H54N4O8. The fourth-order valence-corrected chi connectivity index (χ4v) is 5.48. The molecule has 0 aliphatic heterocycles. The lowest BCUT2D eigenvalue weighted by molar-refractivity contribution is -0.157. The van der Waals surface area contributed by atoms with Crippen molar-refractivity contribution in [1.82, 2.24) is 19.1 Å². The molecule has 0 N–H and O–H groups in total. The van der Waals surface area contributed by atoms with Crippen LogP contribution in [0.4, 0.5) is 0 Å². The van der Waals surface area contributed by atoms with Crippen LogP contribution in [-0.2, 0) is 55.6 Å². The highest BCUT2D eigenvalue weighted by Gasteiger charge is 2.34. The minimum absolute atomic E-state index is 0.0549. The summed E-state index contributed by atoms with van der Waals surface area (Å²) in [6.07, 6.45) is 8.71. The van der Waals surface area contributed by atoms with E-state index in [0.29, 0.717) is 25.7 Å². The van der Waals surface area contributed by atoms with Gasteiger partial charge in [0.2, 0.25) is 0 Å². The Bertz CT molecular complexity index is 1460. The van der Waals surface area contributed by atoms with Crippen LogP contribution in [0.2, 0.25) is 0 Å². The highest BCUT2D eigenvalue weighted by molar-refractivity contribution is 5.78. The van der Waals surface area contributed by atoms with Gasteiger partial charge in [-0.1, -0.05) is 13.8 Å². The van der Waals surface area contributed by atoms with E-state index in [2.05, 4.69) is 9.97 Å². The van der Waals surface area contributed by atoms with Gasteiger partial charge in [-0.2, -0.15) is 0 Å². The number of aromatic nitrogens is 4. The molecule has 0 bridgehead atoms. The summed E-state index contributed by atoms with van der Waals surface area (Å²) in [4.78, 5) is 60.6. The Morgan fingerprint density at radius 1 is 0.640 bits per heavy atom. The maximum atomic E-state index is 13.5. The summed E-state index contributed by atoms with van der Waals surface area (Å²) in [6.45, 7) is 14.6. The lowest BCUT2D eigenvalue weighted by atomic mass is 9.86. The third kappa shape index (κ3) is 11.3. The lowest BCUT2D eigenvalue weighted by Crippen LogP contribution is -2.34. The molecule has 1 aromatic carbocycles. The van der Waals surface area contributed by atoms with Crippen molar-refractivity contribution in [2.24, 2.45) is 48.6 Å². The molecule has 3 rings (SSSR count). The molecule has 4 atom stereocenters. The first-order valence-corrected chi connectivity index (χ1v) is 17.2. The van der Waals surface area contributed by atoms with Crippen LogP contribution in [0.1, 0.15) is 79.6 Å². The van der Waals surface area contributed by atoms with Crippen molar-refractivity contribution in [2.75, 3.05) is 13.2 Å². The molecule has 0 aliphatic carbocycles. The Balaban J connectivity index is 1.71. The zero-order valence-electron chi connectivity index (χ0n) is 31.2. The molecule has 0 spiro atoms. The molecular weight excluding hydrogens is 640 g/mol. The Morgan fingerprint density at radius 2 is 0.980 bits per heavy atom. The van der Waals surface area contributed by atoms with Gasteiger partial charge in [0.1, 0.15) is 11.5 Å². The summed E-state index contributed by atoms with van der Waals surface area (Å²) >= 11 is 0. The molecule has 12 nitrogen and oxygen atoms in total. The monoisotopic (exact) mass is 694 g/mol. The Morgan fingerprint density at radius 3 is 1.24 bits per heavy atom. The molecule has 3 aromatic rings. The number of benzene rings is 1. The van der Waals surface area contributed by atoms with E-state index in [1.165, 1.54) is 0 Å². The van der Waals surface area contributed by atoms with Gasteiger partial charge in [0.25, 0.3) is 0 Å². The predicted molar refractivity (Wildman–Crippen MR) is 187 cm³/mol. The minimum atomic E-state index is -0.680. The average Bonchev–Trinajstić information content (AvgIpc) is 3.64. The van der Waals surface area contributed by atoms with Gasteiger partial charge in [0.05, 0.1) is 48.5 Å². The second kappa shape index (κ2) is 17.4. The van der Waals surface area contributed by atoms with Crippen LogP contribution < -0.4 is 9.47 Å². The largest absolute Gasteiger partial charge is 0.465 e. The van der Waals surface area contributed by atoms with Crippen LogP contribution in [0.15, 0.2) is 49.3 Å². The van der Waals surface area contributed by atoms with E-state index in [0.717, 1.165) is 11.4 Å². The van der Waals surface area contributed by atoms with Crippen molar-refractivity contribution in [3.05, 3.63) is 60.7 Å². The van der Waals surface area contributed by atoms with Gasteiger partial charge >= 0.3 is 23.9 Å². The van der Waals surface area contributed by atoms with E-state index in [1.807, 2.05) is 37.1 Å². The maximum Gasteiger partial charge on any atom is 0.314 e. The number of esters is 4. The molecule has 0 amide bonds. The molecule has 12 heteroatoms. The summed E-state index contributed by atoms with van der Waals surface area (Å²) in [5.74, 6) is -2.85. The quantitative estimate of drug-likeness (QED) is 0.131. The van der Waals surface area contributed by atoms with Gasteiger partial charge in [-0.05, 0) is 91.5 Å². The lowest BCUT2D eigenvalue weighted by Gasteiger charge is -2.26. The predicted octanol–water partition coefficient (Wildman–Crippen LogP) is 5.91. The first-order valence-electron chi connectivity index (χ1n) is 17.2. The van der Waals surface area contributed by atoms with Crippen molar-refractivity contribution in [2.45, 2.75) is 81.1 Å². The first-order chi connectivity index (χ1) is 23.4. The van der Waals surface area contributed by atoms with E-state index in [4.69, 9.17) is 18.9 Å². The topological polar surface area (TPSA) is 141 Å². The van der Waals surface area contributed by atoms with Crippen LogP contribution in [0, 0.1) is 34.5 Å². The minimum Gasteiger partial charge on any atom is -0.465 e. The third-order valence-corrected chi connectivity index (χ3v) is 8.74. The molecule has 0 aliphatic rings. The van der Waals surface area contributed by atoms with Crippen LogP contribution in [-0.4, -0.2) is 56.2 Å². The number of rotatable bonds is 16. The Kier molecular flexibility index (Phi) is 13.9. The molecule has 2 aromatic heterocycles. The second-order valence-corrected chi connectivity index (χ2v) is 15.0. The van der Waals surface area contributed by atoms with E-state index in [9.17, 15) is 19.2 Å². The van der Waals surface area contributed by atoms with Crippen molar-refractivity contribution in [3.8, 4) is 11.5 Å². The normalized spacial score (nSPS) is 14.3. The standard InChI is InChI=1S/C38H54N4O8/c1-11-31(25(17-27-19-39-23-41(27)9)21-47-35(45)37(3,4)5)33(43)49-29-13-15-30(16-14-29)50-34(44)32(12-2)26(18-28-20-40-24-42(28)10)22-48-36(46)38(6,7)8/h13-16,19-20,23-26,31-32H,11-12,17-18,21-22H2,1-10H3/t25-,26-,31-,32-/m0/s1. The summed E-state index contributed by atoms with van der Waals surface area (Å²) in [5.41, 5.74) is 0.445. The van der Waals surface area contributed by atoms with Crippen molar-refractivity contribution < 1.29 is 38.1 Å². The van der Waals surface area contributed by atoms with Crippen molar-refractivity contribution >= 4 is 23.9 Å². The molecule has 0 radical (unpaired) electrons. The van der Waals surface area contributed by atoms with Gasteiger partial charge < -0.3 is 28.1 Å². The van der Waals surface area contributed by atoms with E-state index < -0.39 is 34.6 Å². The number of aryl methyl sites for hydroxylation is 2. The zero-order valence-corrected chi connectivity index (χ0v) is 31.2. The number of carbonyl (C=O) groups is 4. The zero-order chi connectivity index (χ0) is 37.2. The fourth-order valence-electron chi connectivity index (χ4n) is 5.48. The maximum absolute atomic E-state index is 13.5. The molecule has 0 unspecified atom stereocenters. The van der Waals surface area contributed by atoms with Gasteiger partial charge in [0.15, 0.2) is 0 Å². The van der Waals surface area contributed by atoms with Crippen LogP contribution in [0.25, 0.3) is 0 Å². The highest BCUT2D eigenvalue weighted by Crippen LogP contribution is 2.29. The molecule has 0 saturated carbocycles. The van der Waals surface area contributed by atoms with Gasteiger partial charge in [0, 0.05) is 49.7 Å². The molecule has 0 fully saturated rings. The van der Waals surface area contributed by atoms with Gasteiger partial charge in [-0.3, -0.25) is 19.2 Å². The SMILES string of the molecule is CC[C@H](C(=O)Oc1ccc(OC(=O)[C@@H](CC)[C@H](COC(=O)C(C)(C)C)Cc2cncn2C)cc1)[C@H](COC(=O)C(C)(C)C)Cc1cncn1C. The summed E-state index contributed by atoms with van der Waals surface area (Å²) in [5, 5.41) is 0. The molecule has 274 valence electrons. The van der Waals surface area contributed by atoms with Gasteiger partial charge in [-0.15, -0.1) is 0 Å². The number of carbonyl (C=O) groups excluding carboxylic acids is 4. The highest BCUT2D eigenvalue weighted by atomic mass is 16.6. The number of hydrogen-bond acceptors (Lipinski definition) is 10. The molecule has 0 saturated heterocycles. The van der Waals surface area contributed by atoms with Crippen LogP contribution in [0.3, 0.4) is 0 Å². The van der Waals surface area contributed by atoms with Crippen molar-refractivity contribution in [1.29, 1.82) is 0 Å². The average molecular weight is 695 g/mol. The number of ether oxygens (including phenoxy) is 4. The van der Waals surface area contributed by atoms with Crippen LogP contribution >= 0.6 is 0 Å². The third-order valence-electron chi connectivity index (χ3n) is 8.74. The molecule has 2 heterocycles. The van der Waals surface area contributed by atoms with Gasteiger partial charge in [-0.25, -0.2) is 9.97 Å². The van der Waals surface area contributed by atoms with Crippen molar-refractivity contribution in [3.63, 3.8) is 0 Å². The Hall–Kier alpha value is -4.48. The fraction of sp³-hybridized carbons (Fsp3) is 0.579. The molecule has 50 heavy (non-hydrogen) atoms. The summed E-state index contributed by atoms with van der Waals surface area (Å²) < 4.78 is 26.7. The van der Waals surface area contributed by atoms with E-state index >= 15 is 0 Å². The van der Waals surface area contributed by atoms with E-state index in [-0.39, 0.29) is 48.5 Å². The first kappa shape index (κ1) is 40.0. The number of nitrogens with zero attached hydrogens (tertiary/aromatic N) is 4. The smallest absolute Gasteiger partial charge is 0.314 e.